The van der Waals surface area contributed by atoms with Crippen LogP contribution in [0.1, 0.15) is 12.2 Å². The van der Waals surface area contributed by atoms with E-state index in [9.17, 15) is 4.79 Å². The molecule has 0 saturated carbocycles. The molecule has 0 radical (unpaired) electrons. The first kappa shape index (κ1) is 17.7. The Bertz CT molecular complexity index is 500. The van der Waals surface area contributed by atoms with E-state index in [1.165, 1.54) is 0 Å². The maximum atomic E-state index is 11.5. The number of amides is 1. The van der Waals surface area contributed by atoms with Gasteiger partial charge in [-0.05, 0) is 6.42 Å². The molecule has 0 aliphatic carbocycles. The lowest BCUT2D eigenvalue weighted by Gasteiger charge is -2.25. The van der Waals surface area contributed by atoms with Gasteiger partial charge in [-0.1, -0.05) is 0 Å². The maximum Gasteiger partial charge on any atom is 0.241 e. The second kappa shape index (κ2) is 8.15. The zero-order valence-corrected chi connectivity index (χ0v) is 14.9. The van der Waals surface area contributed by atoms with Gasteiger partial charge in [0.1, 0.15) is 12.2 Å². The molecule has 0 aromatic carbocycles. The molecular formula is C12H22IN7O. The van der Waals surface area contributed by atoms with Gasteiger partial charge >= 0.3 is 0 Å². The second-order valence-electron chi connectivity index (χ2n) is 4.95. The fourth-order valence-corrected chi connectivity index (χ4v) is 2.06. The number of hydrogen-bond donors (Lipinski definition) is 2. The summed E-state index contributed by atoms with van der Waals surface area (Å²) in [5.41, 5.74) is 0. The summed E-state index contributed by atoms with van der Waals surface area (Å²) < 4.78 is 1.90. The number of likely N-dealkylation sites (N-methyl/N-ethyl adjacent to an activating group) is 1. The number of fused-ring (bicyclic) bond motifs is 1. The average Bonchev–Trinajstić information content (AvgIpc) is 2.90. The van der Waals surface area contributed by atoms with Crippen molar-refractivity contribution in [3.8, 4) is 0 Å². The molecule has 0 spiro atoms. The van der Waals surface area contributed by atoms with E-state index in [2.05, 4.69) is 25.7 Å². The summed E-state index contributed by atoms with van der Waals surface area (Å²) in [5.74, 6) is 1.66. The van der Waals surface area contributed by atoms with E-state index in [-0.39, 0.29) is 42.5 Å². The Labute approximate surface area is 141 Å². The number of hydrogen-bond acceptors (Lipinski definition) is 4. The number of aryl methyl sites for hydroxylation is 1. The lowest BCUT2D eigenvalue weighted by Crippen LogP contribution is -2.49. The van der Waals surface area contributed by atoms with Crippen LogP contribution in [0.5, 0.6) is 0 Å². The van der Waals surface area contributed by atoms with Crippen molar-refractivity contribution in [3.05, 3.63) is 12.2 Å². The normalized spacial score (nSPS) is 17.5. The number of aromatic nitrogens is 3. The van der Waals surface area contributed by atoms with E-state index in [1.807, 2.05) is 4.68 Å². The van der Waals surface area contributed by atoms with Crippen molar-refractivity contribution in [3.63, 3.8) is 0 Å². The molecule has 2 rings (SSSR count). The summed E-state index contributed by atoms with van der Waals surface area (Å²) in [6, 6.07) is 0.241. The van der Waals surface area contributed by atoms with Crippen molar-refractivity contribution in [1.29, 1.82) is 0 Å². The van der Waals surface area contributed by atoms with Crippen LogP contribution in [0.4, 0.5) is 0 Å². The number of carbonyl (C=O) groups is 1. The zero-order valence-electron chi connectivity index (χ0n) is 12.5. The summed E-state index contributed by atoms with van der Waals surface area (Å²) in [6.45, 7) is 0.992. The van der Waals surface area contributed by atoms with Gasteiger partial charge in [0.15, 0.2) is 5.96 Å². The second-order valence-corrected chi connectivity index (χ2v) is 4.95. The van der Waals surface area contributed by atoms with E-state index >= 15 is 0 Å². The number of halogens is 1. The van der Waals surface area contributed by atoms with E-state index in [0.717, 1.165) is 25.2 Å². The topological polar surface area (TPSA) is 87.4 Å². The van der Waals surface area contributed by atoms with E-state index in [4.69, 9.17) is 0 Å². The Hall–Kier alpha value is -1.39. The Morgan fingerprint density at radius 2 is 2.33 bits per heavy atom. The fourth-order valence-electron chi connectivity index (χ4n) is 2.06. The molecule has 2 heterocycles. The minimum absolute atomic E-state index is 0. The van der Waals surface area contributed by atoms with E-state index in [0.29, 0.717) is 5.96 Å². The number of nitrogens with one attached hydrogen (secondary N) is 2. The number of carbonyl (C=O) groups excluding carboxylic acids is 1. The third kappa shape index (κ3) is 4.83. The first-order chi connectivity index (χ1) is 9.60. The molecule has 1 aromatic heterocycles. The van der Waals surface area contributed by atoms with Gasteiger partial charge < -0.3 is 15.5 Å². The van der Waals surface area contributed by atoms with Crippen LogP contribution in [0.25, 0.3) is 0 Å². The molecular weight excluding hydrogens is 385 g/mol. The van der Waals surface area contributed by atoms with Gasteiger partial charge in [0.25, 0.3) is 0 Å². The monoisotopic (exact) mass is 407 g/mol. The SMILES string of the molecule is CN=C(NCC(=O)N(C)C)NC1CCc2ncnn2C1.I. The highest BCUT2D eigenvalue weighted by Gasteiger charge is 2.20. The molecule has 1 amide bonds. The van der Waals surface area contributed by atoms with Crippen molar-refractivity contribution >= 4 is 35.8 Å². The lowest BCUT2D eigenvalue weighted by molar-refractivity contribution is -0.127. The van der Waals surface area contributed by atoms with Gasteiger partial charge in [0.2, 0.25) is 5.91 Å². The van der Waals surface area contributed by atoms with Crippen LogP contribution < -0.4 is 10.6 Å². The molecule has 1 unspecified atom stereocenters. The Morgan fingerprint density at radius 1 is 1.57 bits per heavy atom. The Kier molecular flexibility index (Phi) is 6.85. The molecule has 0 bridgehead atoms. The predicted molar refractivity (Wildman–Crippen MR) is 90.7 cm³/mol. The molecule has 1 aliphatic heterocycles. The van der Waals surface area contributed by atoms with Gasteiger partial charge in [0, 0.05) is 33.6 Å². The van der Waals surface area contributed by atoms with Crippen molar-refractivity contribution in [2.75, 3.05) is 27.7 Å². The van der Waals surface area contributed by atoms with E-state index in [1.54, 1.807) is 32.4 Å². The lowest BCUT2D eigenvalue weighted by atomic mass is 10.1. The van der Waals surface area contributed by atoms with Crippen LogP contribution in [0.2, 0.25) is 0 Å². The van der Waals surface area contributed by atoms with Gasteiger partial charge in [-0.3, -0.25) is 9.79 Å². The molecule has 8 nitrogen and oxygen atoms in total. The van der Waals surface area contributed by atoms with Gasteiger partial charge in [-0.2, -0.15) is 5.10 Å². The first-order valence-corrected chi connectivity index (χ1v) is 6.64. The van der Waals surface area contributed by atoms with E-state index < -0.39 is 0 Å². The smallest absolute Gasteiger partial charge is 0.241 e. The number of rotatable bonds is 3. The van der Waals surface area contributed by atoms with Crippen LogP contribution in [0.3, 0.4) is 0 Å². The standard InChI is InChI=1S/C12H21N7O.HI/c1-13-12(14-6-11(20)18(2)3)17-9-4-5-10-15-8-16-19(10)7-9;/h8-9H,4-7H2,1-3H3,(H2,13,14,17);1H. The Morgan fingerprint density at radius 3 is 3.00 bits per heavy atom. The number of nitrogens with zero attached hydrogens (tertiary/aromatic N) is 5. The van der Waals surface area contributed by atoms with Gasteiger partial charge in [0.05, 0.1) is 13.1 Å². The summed E-state index contributed by atoms with van der Waals surface area (Å²) in [6.07, 6.45) is 3.45. The molecule has 1 aromatic rings. The van der Waals surface area contributed by atoms with Crippen LogP contribution in [-0.4, -0.2) is 65.3 Å². The van der Waals surface area contributed by atoms with Crippen molar-refractivity contribution in [2.24, 2.45) is 4.99 Å². The third-order valence-electron chi connectivity index (χ3n) is 3.28. The maximum absolute atomic E-state index is 11.5. The highest BCUT2D eigenvalue weighted by Crippen LogP contribution is 2.10. The molecule has 118 valence electrons. The van der Waals surface area contributed by atoms with Crippen molar-refractivity contribution < 1.29 is 4.79 Å². The minimum Gasteiger partial charge on any atom is -0.352 e. The summed E-state index contributed by atoms with van der Waals surface area (Å²) >= 11 is 0. The highest BCUT2D eigenvalue weighted by molar-refractivity contribution is 14.0. The highest BCUT2D eigenvalue weighted by atomic mass is 127. The Balaban J connectivity index is 0.00000220. The third-order valence-corrected chi connectivity index (χ3v) is 3.28. The summed E-state index contributed by atoms with van der Waals surface area (Å²) in [4.78, 5) is 21.4. The molecule has 0 saturated heterocycles. The molecule has 2 N–H and O–H groups in total. The molecule has 1 atom stereocenters. The quantitative estimate of drug-likeness (QED) is 0.400. The van der Waals surface area contributed by atoms with Crippen LogP contribution in [0.15, 0.2) is 11.3 Å². The molecule has 9 heteroatoms. The van der Waals surface area contributed by atoms with Gasteiger partial charge in [-0.25, -0.2) is 9.67 Å². The zero-order chi connectivity index (χ0) is 14.5. The first-order valence-electron chi connectivity index (χ1n) is 6.64. The predicted octanol–water partition coefficient (Wildman–Crippen LogP) is -0.536. The molecule has 1 aliphatic rings. The van der Waals surface area contributed by atoms with Crippen LogP contribution in [-0.2, 0) is 17.8 Å². The summed E-state index contributed by atoms with van der Waals surface area (Å²) in [5, 5.41) is 10.5. The number of guanidine groups is 1. The number of aliphatic imine (C=N–C) groups is 1. The fraction of sp³-hybridized carbons (Fsp3) is 0.667. The molecule has 0 fully saturated rings. The largest absolute Gasteiger partial charge is 0.352 e. The van der Waals surface area contributed by atoms with Gasteiger partial charge in [-0.15, -0.1) is 24.0 Å². The van der Waals surface area contributed by atoms with Crippen LogP contribution in [0, 0.1) is 0 Å². The summed E-state index contributed by atoms with van der Waals surface area (Å²) in [7, 11) is 5.15. The van der Waals surface area contributed by atoms with Crippen LogP contribution >= 0.6 is 24.0 Å². The van der Waals surface area contributed by atoms with Crippen molar-refractivity contribution in [1.82, 2.24) is 30.3 Å². The average molecular weight is 407 g/mol. The molecule has 21 heavy (non-hydrogen) atoms. The minimum atomic E-state index is 0. The van der Waals surface area contributed by atoms with Crippen molar-refractivity contribution in [2.45, 2.75) is 25.4 Å².